The van der Waals surface area contributed by atoms with Crippen molar-refractivity contribution in [1.29, 1.82) is 0 Å². The lowest BCUT2D eigenvalue weighted by atomic mass is 10.3. The third kappa shape index (κ3) is 4.21. The Labute approximate surface area is 141 Å². The smallest absolute Gasteiger partial charge is 0.290 e. The molecule has 2 heterocycles. The lowest BCUT2D eigenvalue weighted by molar-refractivity contribution is -0.641. The quantitative estimate of drug-likeness (QED) is 0.455. The largest absolute Gasteiger partial charge is 0.594 e. The molecule has 130 valence electrons. The van der Waals surface area contributed by atoms with Crippen molar-refractivity contribution in [2.24, 2.45) is 0 Å². The number of rotatable bonds is 7. The monoisotopic (exact) mass is 333 g/mol. The topological polar surface area (TPSA) is 86.5 Å². The minimum Gasteiger partial charge on any atom is -0.594 e. The van der Waals surface area contributed by atoms with Gasteiger partial charge >= 0.3 is 0 Å². The van der Waals surface area contributed by atoms with Gasteiger partial charge in [0.1, 0.15) is 11.3 Å². The van der Waals surface area contributed by atoms with Gasteiger partial charge in [0.05, 0.1) is 24.9 Å². The van der Waals surface area contributed by atoms with Crippen molar-refractivity contribution in [1.82, 2.24) is 15.0 Å². The summed E-state index contributed by atoms with van der Waals surface area (Å²) < 4.78 is 10.8. The number of fused-ring (bicyclic) bond motifs is 1. The van der Waals surface area contributed by atoms with E-state index in [9.17, 15) is 5.21 Å². The summed E-state index contributed by atoms with van der Waals surface area (Å²) >= 11 is 0. The van der Waals surface area contributed by atoms with Gasteiger partial charge in [-0.1, -0.05) is 0 Å². The van der Waals surface area contributed by atoms with E-state index in [4.69, 9.17) is 9.47 Å². The lowest BCUT2D eigenvalue weighted by Gasteiger charge is -2.26. The lowest BCUT2D eigenvalue weighted by Crippen LogP contribution is -2.37. The molecule has 1 aromatic heterocycles. The number of morpholine rings is 1. The molecule has 24 heavy (non-hydrogen) atoms. The molecule has 2 aromatic rings. The molecule has 0 bridgehead atoms. The average molecular weight is 333 g/mol. The third-order valence-electron chi connectivity index (χ3n) is 3.91. The molecular weight excluding hydrogens is 310 g/mol. The van der Waals surface area contributed by atoms with Gasteiger partial charge in [0.15, 0.2) is 0 Å². The molecule has 8 heteroatoms. The number of benzene rings is 1. The summed E-state index contributed by atoms with van der Waals surface area (Å²) in [6, 6.07) is 5.18. The molecule has 1 aliphatic heterocycles. The number of hydrogen-bond donors (Lipinski definition) is 1. The minimum atomic E-state index is 0.341. The van der Waals surface area contributed by atoms with Crippen molar-refractivity contribution in [3.63, 3.8) is 0 Å². The summed E-state index contributed by atoms with van der Waals surface area (Å²) in [5, 5.41) is 19.1. The van der Waals surface area contributed by atoms with Crippen LogP contribution in [-0.4, -0.2) is 61.0 Å². The Hall–Kier alpha value is -2.19. The molecule has 0 spiro atoms. The Bertz CT molecular complexity index is 676. The summed E-state index contributed by atoms with van der Waals surface area (Å²) in [4.78, 5) is 7.38. The third-order valence-corrected chi connectivity index (χ3v) is 3.91. The van der Waals surface area contributed by atoms with Crippen LogP contribution in [0.15, 0.2) is 18.2 Å². The van der Waals surface area contributed by atoms with Gasteiger partial charge in [0.2, 0.25) is 0 Å². The summed E-state index contributed by atoms with van der Waals surface area (Å²) in [5.41, 5.74) is 0.999. The first-order valence-corrected chi connectivity index (χ1v) is 8.34. The predicted octanol–water partition coefficient (Wildman–Crippen LogP) is 0.796. The Balaban J connectivity index is 1.59. The molecule has 1 aromatic carbocycles. The first-order valence-electron chi connectivity index (χ1n) is 8.34. The second-order valence-corrected chi connectivity index (χ2v) is 5.63. The van der Waals surface area contributed by atoms with E-state index in [0.717, 1.165) is 39.3 Å². The molecule has 0 saturated carbocycles. The maximum Gasteiger partial charge on any atom is 0.290 e. The molecule has 3 rings (SSSR count). The molecule has 0 amide bonds. The summed E-state index contributed by atoms with van der Waals surface area (Å²) in [7, 11) is 0. The first kappa shape index (κ1) is 16.7. The fraction of sp³-hybridized carbons (Fsp3) is 0.562. The zero-order valence-electron chi connectivity index (χ0n) is 13.9. The Kier molecular flexibility index (Phi) is 5.60. The van der Waals surface area contributed by atoms with Gasteiger partial charge in [-0.25, -0.2) is 4.98 Å². The number of nitrogens with zero attached hydrogens (tertiary/aromatic N) is 4. The maximum absolute atomic E-state index is 12.0. The van der Waals surface area contributed by atoms with E-state index in [1.807, 2.05) is 6.92 Å². The molecular formula is C16H23N5O3. The van der Waals surface area contributed by atoms with Crippen LogP contribution in [0.2, 0.25) is 0 Å². The van der Waals surface area contributed by atoms with Crippen molar-refractivity contribution in [2.45, 2.75) is 13.3 Å². The van der Waals surface area contributed by atoms with Crippen molar-refractivity contribution in [3.8, 4) is 5.75 Å². The fourth-order valence-corrected chi connectivity index (χ4v) is 2.69. The highest BCUT2D eigenvalue weighted by atomic mass is 16.5. The molecule has 1 N–H and O–H groups in total. The maximum atomic E-state index is 12.0. The standard InChI is InChI=1S/C16H23N5O3/c1-2-24-13-4-5-15-14(12-13)18-16(19-21(15)22)17-6-3-7-20-8-10-23-11-9-20/h4-5,12H,2-3,6-11H2,1H3,(H,17,18,19). The van der Waals surface area contributed by atoms with Crippen LogP contribution in [0.25, 0.3) is 11.0 Å². The van der Waals surface area contributed by atoms with E-state index >= 15 is 0 Å². The molecule has 0 aliphatic carbocycles. The fourth-order valence-electron chi connectivity index (χ4n) is 2.69. The highest BCUT2D eigenvalue weighted by Gasteiger charge is 2.12. The Morgan fingerprint density at radius 3 is 3.00 bits per heavy atom. The van der Waals surface area contributed by atoms with Crippen LogP contribution in [0.4, 0.5) is 5.95 Å². The van der Waals surface area contributed by atoms with E-state index in [1.54, 1.807) is 18.2 Å². The van der Waals surface area contributed by atoms with E-state index in [2.05, 4.69) is 20.3 Å². The Morgan fingerprint density at radius 1 is 1.38 bits per heavy atom. The van der Waals surface area contributed by atoms with Crippen molar-refractivity contribution < 1.29 is 14.3 Å². The average Bonchev–Trinajstić information content (AvgIpc) is 2.60. The van der Waals surface area contributed by atoms with Crippen molar-refractivity contribution in [2.75, 3.05) is 51.3 Å². The van der Waals surface area contributed by atoms with E-state index in [-0.39, 0.29) is 0 Å². The van der Waals surface area contributed by atoms with Gasteiger partial charge in [0, 0.05) is 31.8 Å². The zero-order chi connectivity index (χ0) is 16.8. The summed E-state index contributed by atoms with van der Waals surface area (Å²) in [6.07, 6.45) is 0.958. The van der Waals surface area contributed by atoms with Gasteiger partial charge in [-0.2, -0.15) is 0 Å². The molecule has 1 saturated heterocycles. The normalized spacial score (nSPS) is 15.5. The van der Waals surface area contributed by atoms with Crippen LogP contribution < -0.4 is 14.9 Å². The zero-order valence-corrected chi connectivity index (χ0v) is 13.9. The number of ether oxygens (including phenoxy) is 2. The van der Waals surface area contributed by atoms with Crippen LogP contribution in [0.1, 0.15) is 13.3 Å². The Morgan fingerprint density at radius 2 is 2.21 bits per heavy atom. The minimum absolute atomic E-state index is 0.341. The van der Waals surface area contributed by atoms with Gasteiger partial charge in [-0.3, -0.25) is 4.90 Å². The highest BCUT2D eigenvalue weighted by Crippen LogP contribution is 2.17. The molecule has 1 fully saturated rings. The molecule has 8 nitrogen and oxygen atoms in total. The number of nitrogens with one attached hydrogen (secondary N) is 1. The van der Waals surface area contributed by atoms with Crippen molar-refractivity contribution >= 4 is 17.0 Å². The van der Waals surface area contributed by atoms with Crippen LogP contribution in [0.5, 0.6) is 5.75 Å². The van der Waals surface area contributed by atoms with Crippen LogP contribution in [0, 0.1) is 5.21 Å². The SMILES string of the molecule is CCOc1ccc2c(c1)nc(NCCCN1CCOCC1)n[n+]2[O-]. The predicted molar refractivity (Wildman–Crippen MR) is 90.0 cm³/mol. The number of hydrogen-bond acceptors (Lipinski definition) is 7. The number of anilines is 1. The van der Waals surface area contributed by atoms with Gasteiger partial charge in [-0.05, 0) is 30.8 Å². The second-order valence-electron chi connectivity index (χ2n) is 5.63. The first-order chi connectivity index (χ1) is 11.8. The summed E-state index contributed by atoms with van der Waals surface area (Å²) in [6.45, 7) is 7.77. The summed E-state index contributed by atoms with van der Waals surface area (Å²) in [5.74, 6) is 1.04. The van der Waals surface area contributed by atoms with E-state index in [1.165, 1.54) is 0 Å². The van der Waals surface area contributed by atoms with Crippen LogP contribution >= 0.6 is 0 Å². The van der Waals surface area contributed by atoms with Crippen LogP contribution in [-0.2, 0) is 4.74 Å². The molecule has 0 unspecified atom stereocenters. The molecule has 0 atom stereocenters. The van der Waals surface area contributed by atoms with Crippen LogP contribution in [0.3, 0.4) is 0 Å². The van der Waals surface area contributed by atoms with E-state index < -0.39 is 0 Å². The van der Waals surface area contributed by atoms with Gasteiger partial charge < -0.3 is 20.0 Å². The number of aromatic nitrogens is 3. The highest BCUT2D eigenvalue weighted by molar-refractivity contribution is 5.73. The van der Waals surface area contributed by atoms with E-state index in [0.29, 0.717) is 40.7 Å². The van der Waals surface area contributed by atoms with Crippen molar-refractivity contribution in [3.05, 3.63) is 23.4 Å². The van der Waals surface area contributed by atoms with Gasteiger partial charge in [-0.15, -0.1) is 0 Å². The molecule has 1 aliphatic rings. The molecule has 0 radical (unpaired) electrons. The van der Waals surface area contributed by atoms with Gasteiger partial charge in [0.25, 0.3) is 11.5 Å². The second kappa shape index (κ2) is 8.07.